The van der Waals surface area contributed by atoms with Crippen molar-refractivity contribution >= 4 is 11.6 Å². The number of allylic oxidation sites excluding steroid dienone is 1. The topological polar surface area (TPSA) is 24.9 Å². The van der Waals surface area contributed by atoms with Crippen LogP contribution in [0.1, 0.15) is 37.9 Å². The van der Waals surface area contributed by atoms with Crippen LogP contribution in [0.5, 0.6) is 0 Å². The first kappa shape index (κ1) is 13.2. The lowest BCUT2D eigenvalue weighted by Crippen LogP contribution is -2.22. The second-order valence-corrected chi connectivity index (χ2v) is 4.11. The molecule has 0 aliphatic rings. The molecule has 1 aromatic heterocycles. The number of hydrogen-bond acceptors (Lipinski definition) is 2. The third-order valence-electron chi connectivity index (χ3n) is 2.47. The van der Waals surface area contributed by atoms with E-state index < -0.39 is 0 Å². The fraction of sp³-hybridized carbons (Fsp3) is 0.462. The molecule has 1 N–H and O–H groups in total. The van der Waals surface area contributed by atoms with E-state index in [0.717, 1.165) is 36.5 Å². The maximum absolute atomic E-state index is 6.14. The van der Waals surface area contributed by atoms with E-state index in [1.165, 1.54) is 0 Å². The molecule has 0 saturated heterocycles. The van der Waals surface area contributed by atoms with Gasteiger partial charge >= 0.3 is 0 Å². The molecule has 0 bridgehead atoms. The number of aromatic nitrogens is 1. The molecule has 0 aromatic carbocycles. The predicted octanol–water partition coefficient (Wildman–Crippen LogP) is 3.74. The quantitative estimate of drug-likeness (QED) is 0.578. The molecule has 1 aromatic rings. The molecule has 0 amide bonds. The third kappa shape index (κ3) is 3.95. The highest BCUT2D eigenvalue weighted by atomic mass is 35.5. The van der Waals surface area contributed by atoms with Gasteiger partial charge < -0.3 is 5.32 Å². The SMILES string of the molecule is C=CCCCC(NCC)c1ncccc1Cl. The Kier molecular flexibility index (Phi) is 6.12. The summed E-state index contributed by atoms with van der Waals surface area (Å²) in [7, 11) is 0. The van der Waals surface area contributed by atoms with Crippen LogP contribution in [0.15, 0.2) is 31.0 Å². The highest BCUT2D eigenvalue weighted by molar-refractivity contribution is 6.31. The molecule has 0 saturated carbocycles. The molecule has 1 rings (SSSR count). The molecule has 0 fully saturated rings. The van der Waals surface area contributed by atoms with Crippen molar-refractivity contribution in [1.82, 2.24) is 10.3 Å². The van der Waals surface area contributed by atoms with Gasteiger partial charge in [-0.3, -0.25) is 4.98 Å². The van der Waals surface area contributed by atoms with Crippen molar-refractivity contribution in [2.24, 2.45) is 0 Å². The summed E-state index contributed by atoms with van der Waals surface area (Å²) in [6.45, 7) is 6.75. The Hall–Kier alpha value is -0.860. The van der Waals surface area contributed by atoms with Gasteiger partial charge in [-0.15, -0.1) is 6.58 Å². The molecule has 88 valence electrons. The van der Waals surface area contributed by atoms with Crippen molar-refractivity contribution in [2.45, 2.75) is 32.2 Å². The van der Waals surface area contributed by atoms with Crippen molar-refractivity contribution < 1.29 is 0 Å². The van der Waals surface area contributed by atoms with Gasteiger partial charge in [-0.05, 0) is 37.9 Å². The summed E-state index contributed by atoms with van der Waals surface area (Å²) in [4.78, 5) is 4.36. The van der Waals surface area contributed by atoms with Crippen LogP contribution in [0, 0.1) is 0 Å². The van der Waals surface area contributed by atoms with E-state index in [9.17, 15) is 0 Å². The number of nitrogens with zero attached hydrogens (tertiary/aromatic N) is 1. The van der Waals surface area contributed by atoms with Gasteiger partial charge in [0.1, 0.15) is 0 Å². The molecular formula is C13H19ClN2. The van der Waals surface area contributed by atoms with E-state index in [-0.39, 0.29) is 6.04 Å². The van der Waals surface area contributed by atoms with Crippen LogP contribution in [-0.4, -0.2) is 11.5 Å². The van der Waals surface area contributed by atoms with E-state index in [4.69, 9.17) is 11.6 Å². The Bertz CT molecular complexity index is 325. The third-order valence-corrected chi connectivity index (χ3v) is 2.79. The molecule has 0 radical (unpaired) electrons. The van der Waals surface area contributed by atoms with Crippen molar-refractivity contribution in [3.63, 3.8) is 0 Å². The molecule has 3 heteroatoms. The lowest BCUT2D eigenvalue weighted by molar-refractivity contribution is 0.490. The number of pyridine rings is 1. The number of hydrogen-bond donors (Lipinski definition) is 1. The summed E-state index contributed by atoms with van der Waals surface area (Å²) < 4.78 is 0. The summed E-state index contributed by atoms with van der Waals surface area (Å²) in [5.74, 6) is 0. The highest BCUT2D eigenvalue weighted by Gasteiger charge is 2.13. The molecule has 2 nitrogen and oxygen atoms in total. The van der Waals surface area contributed by atoms with Crippen molar-refractivity contribution in [2.75, 3.05) is 6.54 Å². The zero-order valence-corrected chi connectivity index (χ0v) is 10.5. The monoisotopic (exact) mass is 238 g/mol. The van der Waals surface area contributed by atoms with E-state index in [2.05, 4.69) is 23.8 Å². The molecule has 16 heavy (non-hydrogen) atoms. The summed E-state index contributed by atoms with van der Waals surface area (Å²) in [6.07, 6.45) is 6.92. The summed E-state index contributed by atoms with van der Waals surface area (Å²) in [6, 6.07) is 4.00. The first-order chi connectivity index (χ1) is 7.79. The number of nitrogens with one attached hydrogen (secondary N) is 1. The Morgan fingerprint density at radius 2 is 2.44 bits per heavy atom. The lowest BCUT2D eigenvalue weighted by atomic mass is 10.1. The van der Waals surface area contributed by atoms with Crippen LogP contribution in [0.4, 0.5) is 0 Å². The Labute approximate surface area is 103 Å². The number of rotatable bonds is 7. The minimum absolute atomic E-state index is 0.249. The maximum Gasteiger partial charge on any atom is 0.0758 e. The Balaban J connectivity index is 2.68. The normalized spacial score (nSPS) is 12.4. The summed E-state index contributed by atoms with van der Waals surface area (Å²) >= 11 is 6.14. The van der Waals surface area contributed by atoms with E-state index in [1.54, 1.807) is 6.20 Å². The number of halogens is 1. The average molecular weight is 239 g/mol. The summed E-state index contributed by atoms with van der Waals surface area (Å²) in [5, 5.41) is 4.16. The number of unbranched alkanes of at least 4 members (excludes halogenated alkanes) is 1. The Morgan fingerprint density at radius 3 is 3.06 bits per heavy atom. The van der Waals surface area contributed by atoms with Crippen LogP contribution in [0.25, 0.3) is 0 Å². The predicted molar refractivity (Wildman–Crippen MR) is 69.7 cm³/mol. The van der Waals surface area contributed by atoms with Crippen molar-refractivity contribution in [3.05, 3.63) is 41.7 Å². The highest BCUT2D eigenvalue weighted by Crippen LogP contribution is 2.24. The molecule has 1 heterocycles. The van der Waals surface area contributed by atoms with Gasteiger partial charge in [0.15, 0.2) is 0 Å². The van der Waals surface area contributed by atoms with Gasteiger partial charge in [-0.2, -0.15) is 0 Å². The first-order valence-electron chi connectivity index (χ1n) is 5.74. The Morgan fingerprint density at radius 1 is 1.62 bits per heavy atom. The lowest BCUT2D eigenvalue weighted by Gasteiger charge is -2.17. The van der Waals surface area contributed by atoms with Crippen LogP contribution >= 0.6 is 11.6 Å². The molecular weight excluding hydrogens is 220 g/mol. The minimum atomic E-state index is 0.249. The molecule has 1 atom stereocenters. The van der Waals surface area contributed by atoms with Crippen LogP contribution in [0.2, 0.25) is 5.02 Å². The van der Waals surface area contributed by atoms with E-state index in [0.29, 0.717) is 0 Å². The van der Waals surface area contributed by atoms with Crippen molar-refractivity contribution in [1.29, 1.82) is 0 Å². The van der Waals surface area contributed by atoms with Crippen LogP contribution < -0.4 is 5.32 Å². The van der Waals surface area contributed by atoms with Gasteiger partial charge in [-0.1, -0.05) is 24.6 Å². The zero-order valence-electron chi connectivity index (χ0n) is 9.75. The zero-order chi connectivity index (χ0) is 11.8. The van der Waals surface area contributed by atoms with Crippen LogP contribution in [0.3, 0.4) is 0 Å². The van der Waals surface area contributed by atoms with Crippen molar-refractivity contribution in [3.8, 4) is 0 Å². The van der Waals surface area contributed by atoms with Gasteiger partial charge in [-0.25, -0.2) is 0 Å². The molecule has 0 aliphatic heterocycles. The second-order valence-electron chi connectivity index (χ2n) is 3.70. The van der Waals surface area contributed by atoms with Gasteiger partial charge in [0, 0.05) is 6.20 Å². The van der Waals surface area contributed by atoms with Gasteiger partial charge in [0.05, 0.1) is 16.8 Å². The molecule has 0 aliphatic carbocycles. The minimum Gasteiger partial charge on any atom is -0.309 e. The fourth-order valence-corrected chi connectivity index (χ4v) is 1.96. The van der Waals surface area contributed by atoms with Gasteiger partial charge in [0.25, 0.3) is 0 Å². The first-order valence-corrected chi connectivity index (χ1v) is 6.12. The maximum atomic E-state index is 6.14. The largest absolute Gasteiger partial charge is 0.309 e. The van der Waals surface area contributed by atoms with E-state index >= 15 is 0 Å². The summed E-state index contributed by atoms with van der Waals surface area (Å²) in [5.41, 5.74) is 0.954. The fourth-order valence-electron chi connectivity index (χ4n) is 1.70. The smallest absolute Gasteiger partial charge is 0.0758 e. The second kappa shape index (κ2) is 7.42. The molecule has 0 spiro atoms. The van der Waals surface area contributed by atoms with Gasteiger partial charge in [0.2, 0.25) is 0 Å². The molecule has 1 unspecified atom stereocenters. The van der Waals surface area contributed by atoms with Crippen LogP contribution in [-0.2, 0) is 0 Å². The average Bonchev–Trinajstić information content (AvgIpc) is 2.29. The standard InChI is InChI=1S/C13H19ClN2/c1-3-5-6-9-12(15-4-2)13-11(14)8-7-10-16-13/h3,7-8,10,12,15H,1,4-6,9H2,2H3. The van der Waals surface area contributed by atoms with E-state index in [1.807, 2.05) is 18.2 Å².